The lowest BCUT2D eigenvalue weighted by atomic mass is 9.75. The smallest absolute Gasteiger partial charge is 0.329 e. The first-order valence-electron chi connectivity index (χ1n) is 6.87. The highest BCUT2D eigenvalue weighted by atomic mass is 16.5. The predicted molar refractivity (Wildman–Crippen MR) is 84.7 cm³/mol. The van der Waals surface area contributed by atoms with Crippen LogP contribution >= 0.6 is 0 Å². The third-order valence-corrected chi connectivity index (χ3v) is 2.94. The molecule has 0 amide bonds. The molecule has 1 aliphatic rings. The topological polar surface area (TPSA) is 105 Å². The van der Waals surface area contributed by atoms with Crippen molar-refractivity contribution in [2.75, 3.05) is 28.4 Å². The first-order chi connectivity index (χ1) is 11.3. The van der Waals surface area contributed by atoms with Crippen molar-refractivity contribution < 1.29 is 38.1 Å². The number of rotatable bonds is 4. The summed E-state index contributed by atoms with van der Waals surface area (Å²) in [6.45, 7) is 6.31. The largest absolute Gasteiger partial charge is 0.469 e. The van der Waals surface area contributed by atoms with Crippen molar-refractivity contribution in [3.8, 4) is 0 Å². The Morgan fingerprint density at radius 2 is 1.00 bits per heavy atom. The van der Waals surface area contributed by atoms with E-state index in [-0.39, 0.29) is 23.8 Å². The average Bonchev–Trinajstić information content (AvgIpc) is 2.59. The minimum atomic E-state index is -0.394. The van der Waals surface area contributed by atoms with Crippen LogP contribution in [0.15, 0.2) is 25.3 Å². The summed E-state index contributed by atoms with van der Waals surface area (Å²) in [5.74, 6) is -1.44. The number of ether oxygens (including phenoxy) is 4. The first-order valence-corrected chi connectivity index (χ1v) is 6.87. The Morgan fingerprint density at radius 3 is 1.12 bits per heavy atom. The lowest BCUT2D eigenvalue weighted by Gasteiger charge is -2.30. The lowest BCUT2D eigenvalue weighted by Crippen LogP contribution is -2.36. The average molecular weight is 344 g/mol. The summed E-state index contributed by atoms with van der Waals surface area (Å²) in [5.41, 5.74) is 0. The molecule has 1 aliphatic carbocycles. The second-order valence-electron chi connectivity index (χ2n) is 4.37. The van der Waals surface area contributed by atoms with Crippen molar-refractivity contribution in [1.82, 2.24) is 0 Å². The van der Waals surface area contributed by atoms with Gasteiger partial charge in [-0.05, 0) is 12.8 Å². The quantitative estimate of drug-likeness (QED) is 0.423. The van der Waals surface area contributed by atoms with Gasteiger partial charge in [-0.25, -0.2) is 9.59 Å². The molecule has 0 unspecified atom stereocenters. The number of hydrogen-bond acceptors (Lipinski definition) is 8. The van der Waals surface area contributed by atoms with Gasteiger partial charge in [-0.1, -0.05) is 13.2 Å². The minimum Gasteiger partial charge on any atom is -0.469 e. The van der Waals surface area contributed by atoms with E-state index in [2.05, 4.69) is 32.1 Å². The summed E-state index contributed by atoms with van der Waals surface area (Å²) in [7, 11) is 5.33. The van der Waals surface area contributed by atoms with Crippen molar-refractivity contribution in [3.05, 3.63) is 25.3 Å². The number of carbonyl (C=O) groups is 4. The molecule has 0 spiro atoms. The highest BCUT2D eigenvalue weighted by Crippen LogP contribution is 2.35. The van der Waals surface area contributed by atoms with Crippen LogP contribution in [-0.4, -0.2) is 52.3 Å². The minimum absolute atomic E-state index is 0.0981. The van der Waals surface area contributed by atoms with Gasteiger partial charge in [-0.15, -0.1) is 0 Å². The molecule has 24 heavy (non-hydrogen) atoms. The maximum Gasteiger partial charge on any atom is 0.329 e. The maximum absolute atomic E-state index is 10.9. The van der Waals surface area contributed by atoms with Gasteiger partial charge in [0.15, 0.2) is 0 Å². The molecule has 0 radical (unpaired) electrons. The molecule has 0 aromatic rings. The molecule has 0 aromatic carbocycles. The van der Waals surface area contributed by atoms with E-state index in [1.807, 2.05) is 0 Å². The molecular formula is C16H24O8. The van der Waals surface area contributed by atoms with Gasteiger partial charge in [-0.3, -0.25) is 9.59 Å². The van der Waals surface area contributed by atoms with Crippen LogP contribution in [0, 0.1) is 11.8 Å². The van der Waals surface area contributed by atoms with E-state index < -0.39 is 11.9 Å². The molecule has 136 valence electrons. The Labute approximate surface area is 141 Å². The van der Waals surface area contributed by atoms with Gasteiger partial charge < -0.3 is 18.9 Å². The second kappa shape index (κ2) is 14.0. The van der Waals surface area contributed by atoms with E-state index in [1.54, 1.807) is 0 Å². The zero-order valence-corrected chi connectivity index (χ0v) is 14.4. The van der Waals surface area contributed by atoms with Crippen molar-refractivity contribution >= 4 is 23.9 Å². The fraction of sp³-hybridized carbons (Fsp3) is 0.500. The van der Waals surface area contributed by atoms with Gasteiger partial charge in [0.1, 0.15) is 0 Å². The highest BCUT2D eigenvalue weighted by Gasteiger charge is 2.39. The molecule has 8 heteroatoms. The van der Waals surface area contributed by atoms with E-state index in [9.17, 15) is 19.2 Å². The van der Waals surface area contributed by atoms with Gasteiger partial charge >= 0.3 is 23.9 Å². The van der Waals surface area contributed by atoms with E-state index in [0.29, 0.717) is 12.8 Å². The van der Waals surface area contributed by atoms with Crippen LogP contribution in [0.4, 0.5) is 0 Å². The van der Waals surface area contributed by atoms with E-state index >= 15 is 0 Å². The molecule has 0 N–H and O–H groups in total. The molecule has 8 nitrogen and oxygen atoms in total. The zero-order valence-electron chi connectivity index (χ0n) is 14.4. The molecule has 1 rings (SSSR count). The third kappa shape index (κ3) is 10.1. The number of carbonyl (C=O) groups excluding carboxylic acids is 4. The molecular weight excluding hydrogens is 320 g/mol. The molecule has 0 heterocycles. The van der Waals surface area contributed by atoms with Crippen LogP contribution in [0.2, 0.25) is 0 Å². The number of esters is 4. The Hall–Kier alpha value is -2.64. The van der Waals surface area contributed by atoms with Gasteiger partial charge in [0, 0.05) is 12.2 Å². The summed E-state index contributed by atoms with van der Waals surface area (Å²) in [6, 6.07) is 0. The second-order valence-corrected chi connectivity index (χ2v) is 4.37. The molecule has 0 bridgehead atoms. The summed E-state index contributed by atoms with van der Waals surface area (Å²) >= 11 is 0. The summed E-state index contributed by atoms with van der Waals surface area (Å²) in [5, 5.41) is 0. The summed E-state index contributed by atoms with van der Waals surface area (Å²) in [4.78, 5) is 41.4. The SMILES string of the molecule is C=CC(=O)OC.C=CC(=O)OC.COC(=O)C1CC(C(=O)OC)C1. The van der Waals surface area contributed by atoms with Crippen LogP contribution < -0.4 is 0 Å². The van der Waals surface area contributed by atoms with Gasteiger partial charge in [0.2, 0.25) is 0 Å². The third-order valence-electron chi connectivity index (χ3n) is 2.94. The molecule has 0 atom stereocenters. The van der Waals surface area contributed by atoms with Gasteiger partial charge in [0.25, 0.3) is 0 Å². The Balaban J connectivity index is 0. The molecule has 1 fully saturated rings. The normalized spacial score (nSPS) is 17.0. The summed E-state index contributed by atoms with van der Waals surface area (Å²) in [6.07, 6.45) is 3.36. The zero-order chi connectivity index (χ0) is 19.1. The molecule has 0 aliphatic heterocycles. The maximum atomic E-state index is 10.9. The van der Waals surface area contributed by atoms with Crippen LogP contribution in [0.5, 0.6) is 0 Å². The fourth-order valence-electron chi connectivity index (χ4n) is 1.50. The standard InChI is InChI=1S/C8H12O4.2C4H6O2/c1-11-7(9)5-3-6(4-5)8(10)12-2;2*1-3-4(5)6-2/h5-6H,3-4H2,1-2H3;2*3H,1H2,2H3. The predicted octanol–water partition coefficient (Wildman–Crippen LogP) is 1.05. The van der Waals surface area contributed by atoms with Gasteiger partial charge in [0.05, 0.1) is 40.3 Å². The Morgan fingerprint density at radius 1 is 0.708 bits per heavy atom. The highest BCUT2D eigenvalue weighted by molar-refractivity contribution is 5.81. The van der Waals surface area contributed by atoms with Crippen molar-refractivity contribution in [1.29, 1.82) is 0 Å². The molecule has 0 aromatic heterocycles. The van der Waals surface area contributed by atoms with Crippen molar-refractivity contribution in [2.24, 2.45) is 11.8 Å². The van der Waals surface area contributed by atoms with Gasteiger partial charge in [-0.2, -0.15) is 0 Å². The Bertz CT molecular complexity index is 409. The van der Waals surface area contributed by atoms with Crippen molar-refractivity contribution in [3.63, 3.8) is 0 Å². The lowest BCUT2D eigenvalue weighted by molar-refractivity contribution is -0.158. The molecule has 0 saturated heterocycles. The summed E-state index contributed by atoms with van der Waals surface area (Å²) < 4.78 is 17.3. The van der Waals surface area contributed by atoms with E-state index in [4.69, 9.17) is 0 Å². The van der Waals surface area contributed by atoms with Crippen LogP contribution in [0.3, 0.4) is 0 Å². The monoisotopic (exact) mass is 344 g/mol. The number of methoxy groups -OCH3 is 4. The van der Waals surface area contributed by atoms with Crippen LogP contribution in [0.25, 0.3) is 0 Å². The first kappa shape index (κ1) is 23.6. The fourth-order valence-corrected chi connectivity index (χ4v) is 1.50. The number of hydrogen-bond donors (Lipinski definition) is 0. The van der Waals surface area contributed by atoms with Crippen LogP contribution in [-0.2, 0) is 38.1 Å². The van der Waals surface area contributed by atoms with Crippen molar-refractivity contribution in [2.45, 2.75) is 12.8 Å². The Kier molecular flexibility index (Phi) is 13.8. The van der Waals surface area contributed by atoms with E-state index in [1.165, 1.54) is 28.4 Å². The van der Waals surface area contributed by atoms with E-state index in [0.717, 1.165) is 12.2 Å². The van der Waals surface area contributed by atoms with Crippen LogP contribution in [0.1, 0.15) is 12.8 Å². The molecule has 1 saturated carbocycles.